The van der Waals surface area contributed by atoms with Gasteiger partial charge in [-0.05, 0) is 37.8 Å². The van der Waals surface area contributed by atoms with Gasteiger partial charge >= 0.3 is 6.09 Å². The van der Waals surface area contributed by atoms with Crippen molar-refractivity contribution < 1.29 is 38.2 Å². The fourth-order valence-corrected chi connectivity index (χ4v) is 6.06. The highest BCUT2D eigenvalue weighted by molar-refractivity contribution is 5.98. The first kappa shape index (κ1) is 35.3. The van der Waals surface area contributed by atoms with Crippen molar-refractivity contribution in [1.29, 1.82) is 0 Å². The first-order chi connectivity index (χ1) is 22.1. The number of nitrogens with one attached hydrogen (secondary N) is 4. The van der Waals surface area contributed by atoms with Crippen LogP contribution in [-0.4, -0.2) is 97.7 Å². The van der Waals surface area contributed by atoms with Gasteiger partial charge < -0.3 is 35.5 Å². The van der Waals surface area contributed by atoms with Crippen molar-refractivity contribution in [2.45, 2.75) is 96.5 Å². The zero-order valence-electron chi connectivity index (χ0n) is 27.4. The van der Waals surface area contributed by atoms with Crippen LogP contribution in [0.2, 0.25) is 0 Å². The number of rotatable bonds is 13. The second-order valence-corrected chi connectivity index (χ2v) is 12.5. The highest BCUT2D eigenvalue weighted by Crippen LogP contribution is 2.33. The molecule has 13 nitrogen and oxygen atoms in total. The highest BCUT2D eigenvalue weighted by atomic mass is 16.6. The summed E-state index contributed by atoms with van der Waals surface area (Å²) in [7, 11) is 0. The third kappa shape index (κ3) is 9.73. The second kappa shape index (κ2) is 16.3. The Morgan fingerprint density at radius 1 is 1.02 bits per heavy atom. The first-order valence-electron chi connectivity index (χ1n) is 16.6. The van der Waals surface area contributed by atoms with Gasteiger partial charge in [0.05, 0.1) is 32.4 Å². The van der Waals surface area contributed by atoms with E-state index >= 15 is 0 Å². The Morgan fingerprint density at radius 2 is 1.70 bits per heavy atom. The summed E-state index contributed by atoms with van der Waals surface area (Å²) < 4.78 is 16.0. The van der Waals surface area contributed by atoms with Crippen molar-refractivity contribution in [3.63, 3.8) is 0 Å². The third-order valence-electron chi connectivity index (χ3n) is 8.84. The minimum atomic E-state index is -1.04. The predicted molar refractivity (Wildman–Crippen MR) is 169 cm³/mol. The van der Waals surface area contributed by atoms with Crippen LogP contribution >= 0.6 is 0 Å². The quantitative estimate of drug-likeness (QED) is 0.234. The number of amides is 4. The largest absolute Gasteiger partial charge is 0.412 e. The van der Waals surface area contributed by atoms with E-state index < -0.39 is 41.6 Å². The van der Waals surface area contributed by atoms with Crippen molar-refractivity contribution in [3.8, 4) is 5.75 Å². The Balaban J connectivity index is 0.00000235. The molecule has 1 saturated carbocycles. The third-order valence-corrected chi connectivity index (χ3v) is 8.84. The fraction of sp³-hybridized carbons (Fsp3) is 0.667. The van der Waals surface area contributed by atoms with Crippen LogP contribution in [0.15, 0.2) is 18.2 Å². The summed E-state index contributed by atoms with van der Waals surface area (Å²) in [4.78, 5) is 66.8. The fourth-order valence-electron chi connectivity index (χ4n) is 6.06. The van der Waals surface area contributed by atoms with Crippen LogP contribution < -0.4 is 26.0 Å². The van der Waals surface area contributed by atoms with Gasteiger partial charge in [-0.2, -0.15) is 0 Å². The van der Waals surface area contributed by atoms with E-state index in [2.05, 4.69) is 21.3 Å². The molecule has 254 valence electrons. The molecule has 2 saturated heterocycles. The van der Waals surface area contributed by atoms with E-state index in [1.54, 1.807) is 26.0 Å². The molecule has 4 atom stereocenters. The molecular formula is C33H49N5O8. The molecule has 0 bridgehead atoms. The molecule has 3 aliphatic heterocycles. The van der Waals surface area contributed by atoms with Crippen LogP contribution in [0.1, 0.15) is 70.9 Å². The predicted octanol–water partition coefficient (Wildman–Crippen LogP) is 1.60. The zero-order chi connectivity index (χ0) is 33.3. The molecule has 5 rings (SSSR count). The number of carbonyl (C=O) groups excluding carboxylic acids is 5. The maximum absolute atomic E-state index is 13.9. The number of nitrogens with zero attached hydrogens (tertiary/aromatic N) is 1. The molecule has 4 unspecified atom stereocenters. The Bertz CT molecular complexity index is 1260. The van der Waals surface area contributed by atoms with Gasteiger partial charge in [-0.25, -0.2) is 4.79 Å². The zero-order valence-corrected chi connectivity index (χ0v) is 27.4. The number of epoxide rings is 1. The van der Waals surface area contributed by atoms with Gasteiger partial charge in [-0.1, -0.05) is 51.7 Å². The summed E-state index contributed by atoms with van der Waals surface area (Å²) in [5.41, 5.74) is 0.561. The van der Waals surface area contributed by atoms with Gasteiger partial charge in [-0.3, -0.25) is 24.1 Å². The summed E-state index contributed by atoms with van der Waals surface area (Å²) in [5.74, 6) is -0.713. The maximum atomic E-state index is 13.9. The van der Waals surface area contributed by atoms with Gasteiger partial charge in [-0.15, -0.1) is 0 Å². The van der Waals surface area contributed by atoms with Gasteiger partial charge in [0.1, 0.15) is 23.4 Å². The number of hydrogen-bond acceptors (Lipinski definition) is 9. The minimum absolute atomic E-state index is 0.116. The highest BCUT2D eigenvalue weighted by Gasteiger charge is 2.50. The van der Waals surface area contributed by atoms with Crippen molar-refractivity contribution in [3.05, 3.63) is 29.3 Å². The first-order valence-corrected chi connectivity index (χ1v) is 16.6. The standard InChI is InChI=1S/C31H43N5O8.C2H6/c1-19(33-26(37)17-36-9-11-42-12-10-36)28(39)35-24(15-21-7-8-25-22(13-21)16-32-30(41)44-25)29(40)34-23(14-20-5-3-4-6-20)27(38)31(2)18-43-31;1-2/h7-8,13,19-20,23-24H,3-6,9-12,14-18H2,1-2H3,(H,32,41)(H,33,37)(H,34,40)(H,35,39);1-2H3. The van der Waals surface area contributed by atoms with Gasteiger partial charge in [0.25, 0.3) is 0 Å². The lowest BCUT2D eigenvalue weighted by Crippen LogP contribution is -2.57. The Kier molecular flexibility index (Phi) is 12.5. The van der Waals surface area contributed by atoms with Crippen molar-refractivity contribution in [2.75, 3.05) is 39.5 Å². The summed E-state index contributed by atoms with van der Waals surface area (Å²) in [6.07, 6.45) is 4.32. The topological polar surface area (TPSA) is 168 Å². The summed E-state index contributed by atoms with van der Waals surface area (Å²) in [6, 6.07) is 2.53. The van der Waals surface area contributed by atoms with E-state index in [1.807, 2.05) is 24.8 Å². The van der Waals surface area contributed by atoms with Crippen LogP contribution in [0, 0.1) is 5.92 Å². The van der Waals surface area contributed by atoms with E-state index in [4.69, 9.17) is 14.2 Å². The normalized spacial score (nSPS) is 22.8. The van der Waals surface area contributed by atoms with Crippen LogP contribution in [0.4, 0.5) is 4.79 Å². The summed E-state index contributed by atoms with van der Waals surface area (Å²) in [6.45, 7) is 10.4. The Hall–Kier alpha value is -3.55. The number of benzene rings is 1. The van der Waals surface area contributed by atoms with Gasteiger partial charge in [0.2, 0.25) is 17.7 Å². The molecule has 3 heterocycles. The van der Waals surface area contributed by atoms with Crippen molar-refractivity contribution >= 4 is 29.6 Å². The average molecular weight is 644 g/mol. The second-order valence-electron chi connectivity index (χ2n) is 12.5. The van der Waals surface area contributed by atoms with Gasteiger partial charge in [0.15, 0.2) is 5.78 Å². The number of carbonyl (C=O) groups is 5. The number of morpholine rings is 1. The molecule has 1 aliphatic carbocycles. The average Bonchev–Trinajstić information content (AvgIpc) is 3.59. The lowest BCUT2D eigenvalue weighted by atomic mass is 9.90. The number of fused-ring (bicyclic) bond motifs is 1. The van der Waals surface area contributed by atoms with Crippen LogP contribution in [0.5, 0.6) is 5.75 Å². The number of ether oxygens (including phenoxy) is 3. The molecule has 4 aliphatic rings. The van der Waals surface area contributed by atoms with Gasteiger partial charge in [0, 0.05) is 31.6 Å². The molecule has 0 radical (unpaired) electrons. The summed E-state index contributed by atoms with van der Waals surface area (Å²) >= 11 is 0. The Morgan fingerprint density at radius 3 is 2.37 bits per heavy atom. The molecule has 0 spiro atoms. The lowest BCUT2D eigenvalue weighted by molar-refractivity contribution is -0.134. The van der Waals surface area contributed by atoms with Crippen molar-refractivity contribution in [1.82, 2.24) is 26.2 Å². The monoisotopic (exact) mass is 643 g/mol. The number of hydrogen-bond donors (Lipinski definition) is 4. The molecule has 13 heteroatoms. The molecule has 46 heavy (non-hydrogen) atoms. The minimum Gasteiger partial charge on any atom is -0.410 e. The SMILES string of the molecule is CC.CC(NC(=O)CN1CCOCC1)C(=O)NC(Cc1ccc2c(c1)CNC(=O)O2)C(=O)NC(CC1CCCC1)C(=O)C1(C)CO1. The number of Topliss-reactive ketones (excluding diaryl/α,β-unsaturated/α-hetero) is 1. The van der Waals surface area contributed by atoms with Crippen LogP contribution in [-0.2, 0) is 41.6 Å². The molecular weight excluding hydrogens is 594 g/mol. The number of ketones is 1. The van der Waals surface area contributed by atoms with E-state index in [0.717, 1.165) is 36.8 Å². The Labute approximate surface area is 270 Å². The van der Waals surface area contributed by atoms with E-state index in [9.17, 15) is 24.0 Å². The van der Waals surface area contributed by atoms with E-state index in [0.29, 0.717) is 51.0 Å². The van der Waals surface area contributed by atoms with E-state index in [-0.39, 0.29) is 31.2 Å². The molecule has 4 N–H and O–H groups in total. The van der Waals surface area contributed by atoms with Crippen LogP contribution in [0.25, 0.3) is 0 Å². The molecule has 4 amide bonds. The lowest BCUT2D eigenvalue weighted by Gasteiger charge is -2.28. The molecule has 1 aromatic rings. The molecule has 0 aromatic heterocycles. The summed E-state index contributed by atoms with van der Waals surface area (Å²) in [5, 5.41) is 11.1. The molecule has 1 aromatic carbocycles. The van der Waals surface area contributed by atoms with E-state index in [1.165, 1.54) is 0 Å². The molecule has 3 fully saturated rings. The smallest absolute Gasteiger partial charge is 0.410 e. The van der Waals surface area contributed by atoms with Crippen LogP contribution in [0.3, 0.4) is 0 Å². The van der Waals surface area contributed by atoms with Crippen molar-refractivity contribution in [2.24, 2.45) is 5.92 Å². The maximum Gasteiger partial charge on any atom is 0.412 e.